The van der Waals surface area contributed by atoms with Gasteiger partial charge in [0.25, 0.3) is 0 Å². The highest BCUT2D eigenvalue weighted by atomic mass is 16.1. The quantitative estimate of drug-likeness (QED) is 0.717. The number of carbonyl (C=O) groups is 1. The van der Waals surface area contributed by atoms with E-state index in [-0.39, 0.29) is 11.4 Å². The second kappa shape index (κ2) is 7.74. The smallest absolute Gasteiger partial charge is 0.220 e. The number of benzene rings is 1. The number of hydrogen-bond acceptors (Lipinski definition) is 3. The summed E-state index contributed by atoms with van der Waals surface area (Å²) in [6, 6.07) is 9.97. The fourth-order valence-electron chi connectivity index (χ4n) is 3.67. The van der Waals surface area contributed by atoms with Crippen molar-refractivity contribution in [3.05, 3.63) is 58.4 Å². The second-order valence-electron chi connectivity index (χ2n) is 8.43. The first-order chi connectivity index (χ1) is 13.2. The lowest BCUT2D eigenvalue weighted by Crippen LogP contribution is -2.24. The summed E-state index contributed by atoms with van der Waals surface area (Å²) in [4.78, 5) is 17.2. The maximum absolute atomic E-state index is 12.3. The number of fused-ring (bicyclic) bond motifs is 1. The van der Waals surface area contributed by atoms with Crippen molar-refractivity contribution < 1.29 is 4.79 Å². The highest BCUT2D eigenvalue weighted by Gasteiger charge is 2.23. The predicted octanol–water partition coefficient (Wildman–Crippen LogP) is 4.36. The van der Waals surface area contributed by atoms with Crippen molar-refractivity contribution in [3.8, 4) is 0 Å². The van der Waals surface area contributed by atoms with Crippen LogP contribution in [0.15, 0.2) is 30.3 Å². The molecule has 1 amide bonds. The molecular formula is C23H30N4O. The van der Waals surface area contributed by atoms with E-state index in [9.17, 15) is 4.79 Å². The Morgan fingerprint density at radius 3 is 2.39 bits per heavy atom. The largest absolute Gasteiger partial charge is 0.352 e. The summed E-state index contributed by atoms with van der Waals surface area (Å²) in [6.45, 7) is 13.1. The zero-order valence-electron chi connectivity index (χ0n) is 17.8. The molecule has 0 aliphatic carbocycles. The van der Waals surface area contributed by atoms with Crippen molar-refractivity contribution in [3.63, 3.8) is 0 Å². The van der Waals surface area contributed by atoms with Gasteiger partial charge < -0.3 is 5.32 Å². The van der Waals surface area contributed by atoms with E-state index >= 15 is 0 Å². The molecule has 1 N–H and O–H groups in total. The van der Waals surface area contributed by atoms with Crippen molar-refractivity contribution in [2.75, 3.05) is 0 Å². The Hall–Kier alpha value is -2.69. The molecule has 1 aromatic carbocycles. The molecule has 2 heterocycles. The summed E-state index contributed by atoms with van der Waals surface area (Å²) >= 11 is 0. The molecule has 2 aromatic heterocycles. The summed E-state index contributed by atoms with van der Waals surface area (Å²) in [6.07, 6.45) is 1.13. The van der Waals surface area contributed by atoms with Gasteiger partial charge in [-0.15, -0.1) is 0 Å². The normalized spacial score (nSPS) is 11.8. The first kappa shape index (κ1) is 20.1. The topological polar surface area (TPSA) is 59.8 Å². The molecule has 0 radical (unpaired) electrons. The minimum absolute atomic E-state index is 0.0601. The third-order valence-electron chi connectivity index (χ3n) is 5.14. The van der Waals surface area contributed by atoms with Crippen molar-refractivity contribution in [2.24, 2.45) is 0 Å². The molecule has 28 heavy (non-hydrogen) atoms. The first-order valence-corrected chi connectivity index (χ1v) is 9.85. The lowest BCUT2D eigenvalue weighted by molar-refractivity contribution is -0.121. The summed E-state index contributed by atoms with van der Waals surface area (Å²) in [5.41, 5.74) is 6.21. The van der Waals surface area contributed by atoms with Crippen LogP contribution in [0.4, 0.5) is 0 Å². The SMILES string of the molecule is Cc1nc2c(c(C)nn2C(C)(C)C)c(C)c1CCC(=O)NCc1ccccc1. The Morgan fingerprint density at radius 2 is 1.75 bits per heavy atom. The molecule has 0 saturated heterocycles. The van der Waals surface area contributed by atoms with Gasteiger partial charge in [0.2, 0.25) is 5.91 Å². The standard InChI is InChI=1S/C23H30N4O/c1-15-19(12-13-20(28)24-14-18-10-8-7-9-11-18)16(2)25-22-21(15)17(3)26-27(22)23(4,5)6/h7-11H,12-14H2,1-6H3,(H,24,28). The lowest BCUT2D eigenvalue weighted by atomic mass is 9.99. The number of nitrogens with one attached hydrogen (secondary N) is 1. The highest BCUT2D eigenvalue weighted by molar-refractivity contribution is 5.84. The molecule has 0 bridgehead atoms. The van der Waals surface area contributed by atoms with Crippen molar-refractivity contribution in [1.82, 2.24) is 20.1 Å². The van der Waals surface area contributed by atoms with E-state index in [0.717, 1.165) is 33.5 Å². The van der Waals surface area contributed by atoms with Gasteiger partial charge in [0.1, 0.15) is 0 Å². The third kappa shape index (κ3) is 4.08. The third-order valence-corrected chi connectivity index (χ3v) is 5.14. The molecule has 5 heteroatoms. The summed E-state index contributed by atoms with van der Waals surface area (Å²) in [5.74, 6) is 0.0601. The van der Waals surface area contributed by atoms with Crippen LogP contribution < -0.4 is 5.32 Å². The molecule has 148 valence electrons. The second-order valence-corrected chi connectivity index (χ2v) is 8.43. The van der Waals surface area contributed by atoms with Crippen LogP contribution >= 0.6 is 0 Å². The minimum Gasteiger partial charge on any atom is -0.352 e. The van der Waals surface area contributed by atoms with Crippen LogP contribution in [-0.2, 0) is 23.3 Å². The Bertz CT molecular complexity index is 997. The molecular weight excluding hydrogens is 348 g/mol. The molecule has 5 nitrogen and oxygen atoms in total. The Balaban J connectivity index is 1.78. The van der Waals surface area contributed by atoms with Crippen LogP contribution in [0.1, 0.15) is 55.3 Å². The first-order valence-electron chi connectivity index (χ1n) is 9.85. The van der Waals surface area contributed by atoms with Gasteiger partial charge in [0.05, 0.1) is 11.2 Å². The molecule has 0 spiro atoms. The zero-order chi connectivity index (χ0) is 20.5. The molecule has 3 aromatic rings. The van der Waals surface area contributed by atoms with Gasteiger partial charge in [-0.1, -0.05) is 30.3 Å². The minimum atomic E-state index is -0.128. The maximum atomic E-state index is 12.3. The number of carbonyl (C=O) groups excluding carboxylic acids is 1. The van der Waals surface area contributed by atoms with Crippen molar-refractivity contribution in [1.29, 1.82) is 0 Å². The van der Waals surface area contributed by atoms with Crippen LogP contribution in [0, 0.1) is 20.8 Å². The van der Waals surface area contributed by atoms with Crippen LogP contribution in [0.3, 0.4) is 0 Å². The van der Waals surface area contributed by atoms with E-state index in [1.165, 1.54) is 5.56 Å². The molecule has 0 saturated carbocycles. The molecule has 0 fully saturated rings. The Kier molecular flexibility index (Phi) is 5.54. The number of amides is 1. The van der Waals surface area contributed by atoms with E-state index in [1.54, 1.807) is 0 Å². The van der Waals surface area contributed by atoms with Gasteiger partial charge >= 0.3 is 0 Å². The molecule has 3 rings (SSSR count). The fraction of sp³-hybridized carbons (Fsp3) is 0.435. The van der Waals surface area contributed by atoms with E-state index in [1.807, 2.05) is 48.9 Å². The number of aromatic nitrogens is 3. The summed E-state index contributed by atoms with van der Waals surface area (Å²) < 4.78 is 2.01. The van der Waals surface area contributed by atoms with E-state index in [2.05, 4.69) is 33.0 Å². The van der Waals surface area contributed by atoms with Crippen LogP contribution in [0.5, 0.6) is 0 Å². The van der Waals surface area contributed by atoms with Crippen molar-refractivity contribution >= 4 is 16.9 Å². The van der Waals surface area contributed by atoms with Crippen molar-refractivity contribution in [2.45, 2.75) is 66.5 Å². The maximum Gasteiger partial charge on any atom is 0.220 e. The highest BCUT2D eigenvalue weighted by Crippen LogP contribution is 2.29. The van der Waals surface area contributed by atoms with E-state index in [0.29, 0.717) is 19.4 Å². The number of rotatable bonds is 5. The van der Waals surface area contributed by atoms with Crippen LogP contribution in [0.25, 0.3) is 11.0 Å². The van der Waals surface area contributed by atoms with Gasteiger partial charge in [0, 0.05) is 24.0 Å². The number of hydrogen-bond donors (Lipinski definition) is 1. The average molecular weight is 379 g/mol. The average Bonchev–Trinajstić information content (AvgIpc) is 2.97. The van der Waals surface area contributed by atoms with Crippen LogP contribution in [-0.4, -0.2) is 20.7 Å². The van der Waals surface area contributed by atoms with Crippen LogP contribution in [0.2, 0.25) is 0 Å². The number of pyridine rings is 1. The van der Waals surface area contributed by atoms with Gasteiger partial charge in [-0.2, -0.15) is 5.10 Å². The van der Waals surface area contributed by atoms with E-state index < -0.39 is 0 Å². The van der Waals surface area contributed by atoms with Gasteiger partial charge in [-0.3, -0.25) is 4.79 Å². The lowest BCUT2D eigenvalue weighted by Gasteiger charge is -2.20. The molecule has 0 aliphatic rings. The Labute approximate surface area is 167 Å². The fourth-order valence-corrected chi connectivity index (χ4v) is 3.67. The van der Waals surface area contributed by atoms with Gasteiger partial charge in [0.15, 0.2) is 5.65 Å². The molecule has 0 aliphatic heterocycles. The van der Waals surface area contributed by atoms with Gasteiger partial charge in [-0.25, -0.2) is 9.67 Å². The predicted molar refractivity (Wildman–Crippen MR) is 113 cm³/mol. The molecule has 0 atom stereocenters. The summed E-state index contributed by atoms with van der Waals surface area (Å²) in [7, 11) is 0. The van der Waals surface area contributed by atoms with Gasteiger partial charge in [-0.05, 0) is 64.7 Å². The zero-order valence-corrected chi connectivity index (χ0v) is 17.8. The molecule has 0 unspecified atom stereocenters. The van der Waals surface area contributed by atoms with E-state index in [4.69, 9.17) is 10.1 Å². The summed E-state index contributed by atoms with van der Waals surface area (Å²) in [5, 5.41) is 8.85. The Morgan fingerprint density at radius 1 is 1.07 bits per heavy atom. The number of nitrogens with zero attached hydrogens (tertiary/aromatic N) is 3. The number of aryl methyl sites for hydroxylation is 3. The monoisotopic (exact) mass is 378 g/mol.